The fraction of sp³-hybridized carbons (Fsp3) is 0.696. The van der Waals surface area contributed by atoms with E-state index >= 15 is 0 Å². The van der Waals surface area contributed by atoms with Gasteiger partial charge in [0.2, 0.25) is 11.8 Å². The van der Waals surface area contributed by atoms with Crippen LogP contribution in [0.3, 0.4) is 0 Å². The van der Waals surface area contributed by atoms with Gasteiger partial charge >= 0.3 is 0 Å². The summed E-state index contributed by atoms with van der Waals surface area (Å²) in [5, 5.41) is 0. The number of hydrazine groups is 1. The smallest absolute Gasteiger partial charge is 0.279 e. The van der Waals surface area contributed by atoms with Gasteiger partial charge in [0.25, 0.3) is 5.91 Å². The molecule has 1 aromatic rings. The molecule has 1 unspecified atom stereocenters. The Labute approximate surface area is 182 Å². The number of amides is 3. The van der Waals surface area contributed by atoms with E-state index in [-0.39, 0.29) is 35.0 Å². The molecule has 164 valence electrons. The molecule has 2 fully saturated rings. The van der Waals surface area contributed by atoms with Crippen LogP contribution in [-0.4, -0.2) is 35.7 Å². The highest BCUT2D eigenvalue weighted by atomic mass is 32.1. The fourth-order valence-electron chi connectivity index (χ4n) is 4.61. The minimum atomic E-state index is -0.239. The van der Waals surface area contributed by atoms with Gasteiger partial charge < -0.3 is 4.90 Å². The monoisotopic (exact) mass is 431 g/mol. The Morgan fingerprint density at radius 2 is 1.70 bits per heavy atom. The summed E-state index contributed by atoms with van der Waals surface area (Å²) in [7, 11) is 0. The fourth-order valence-corrected chi connectivity index (χ4v) is 5.71. The highest BCUT2D eigenvalue weighted by Crippen LogP contribution is 2.40. The summed E-state index contributed by atoms with van der Waals surface area (Å²) in [5.41, 5.74) is 6.77. The molecule has 6 nitrogen and oxygen atoms in total. The number of aryl methyl sites for hydroxylation is 1. The van der Waals surface area contributed by atoms with Gasteiger partial charge in [-0.25, -0.2) is 0 Å². The van der Waals surface area contributed by atoms with E-state index in [0.29, 0.717) is 36.7 Å². The quantitative estimate of drug-likeness (QED) is 0.721. The SMILES string of the molecule is CC(C)(C)C1CCc2sc(C(=O)NNC(=O)C3CCN(C(=O)C4CC4)CC3)cc2C1. The van der Waals surface area contributed by atoms with E-state index in [4.69, 9.17) is 0 Å². The molecular formula is C23H33N3O3S. The number of hydrogen-bond acceptors (Lipinski definition) is 4. The number of nitrogens with one attached hydrogen (secondary N) is 2. The van der Waals surface area contributed by atoms with Crippen molar-refractivity contribution < 1.29 is 14.4 Å². The molecule has 30 heavy (non-hydrogen) atoms. The second-order valence-electron chi connectivity index (χ2n) is 10.2. The molecule has 0 bridgehead atoms. The molecule has 1 saturated carbocycles. The zero-order valence-corrected chi connectivity index (χ0v) is 19.1. The predicted molar refractivity (Wildman–Crippen MR) is 117 cm³/mol. The van der Waals surface area contributed by atoms with Crippen molar-refractivity contribution in [2.24, 2.45) is 23.2 Å². The molecule has 2 N–H and O–H groups in total. The number of hydrogen-bond donors (Lipinski definition) is 2. The highest BCUT2D eigenvalue weighted by molar-refractivity contribution is 7.14. The molecule has 1 aromatic heterocycles. The van der Waals surface area contributed by atoms with Gasteiger partial charge in [0.05, 0.1) is 4.88 Å². The van der Waals surface area contributed by atoms with E-state index in [1.807, 2.05) is 11.0 Å². The maximum atomic E-state index is 12.6. The van der Waals surface area contributed by atoms with Crippen molar-refractivity contribution in [1.82, 2.24) is 15.8 Å². The normalized spacial score (nSPS) is 22.4. The van der Waals surface area contributed by atoms with E-state index < -0.39 is 0 Å². The molecule has 1 saturated heterocycles. The molecule has 1 atom stereocenters. The number of fused-ring (bicyclic) bond motifs is 1. The predicted octanol–water partition coefficient (Wildman–Crippen LogP) is 3.31. The number of carbonyl (C=O) groups is 3. The van der Waals surface area contributed by atoms with Gasteiger partial charge in [-0.15, -0.1) is 11.3 Å². The second kappa shape index (κ2) is 8.33. The number of nitrogens with zero attached hydrogens (tertiary/aromatic N) is 1. The van der Waals surface area contributed by atoms with Crippen molar-refractivity contribution in [2.75, 3.05) is 13.1 Å². The number of rotatable bonds is 3. The molecule has 0 aromatic carbocycles. The minimum absolute atomic E-state index is 0.155. The van der Waals surface area contributed by atoms with Crippen LogP contribution in [0.5, 0.6) is 0 Å². The third-order valence-electron chi connectivity index (χ3n) is 6.93. The topological polar surface area (TPSA) is 78.5 Å². The molecular weight excluding hydrogens is 398 g/mol. The van der Waals surface area contributed by atoms with Crippen molar-refractivity contribution in [1.29, 1.82) is 0 Å². The Kier molecular flexibility index (Phi) is 5.93. The van der Waals surface area contributed by atoms with Gasteiger partial charge in [0.1, 0.15) is 0 Å². The summed E-state index contributed by atoms with van der Waals surface area (Å²) in [6.45, 7) is 8.11. The van der Waals surface area contributed by atoms with E-state index in [9.17, 15) is 14.4 Å². The maximum absolute atomic E-state index is 12.6. The Balaban J connectivity index is 1.26. The summed E-state index contributed by atoms with van der Waals surface area (Å²) in [6, 6.07) is 2.00. The average Bonchev–Trinajstić information content (AvgIpc) is 3.48. The van der Waals surface area contributed by atoms with Crippen LogP contribution in [0.1, 0.15) is 73.0 Å². The zero-order chi connectivity index (χ0) is 21.5. The molecule has 0 radical (unpaired) electrons. The largest absolute Gasteiger partial charge is 0.342 e. The van der Waals surface area contributed by atoms with Crippen molar-refractivity contribution in [3.63, 3.8) is 0 Å². The van der Waals surface area contributed by atoms with Crippen molar-refractivity contribution >= 4 is 29.1 Å². The van der Waals surface area contributed by atoms with Crippen molar-refractivity contribution in [2.45, 2.75) is 65.7 Å². The molecule has 0 spiro atoms. The van der Waals surface area contributed by atoms with Gasteiger partial charge in [-0.05, 0) is 67.9 Å². The third kappa shape index (κ3) is 4.71. The van der Waals surface area contributed by atoms with Gasteiger partial charge in [-0.3, -0.25) is 25.2 Å². The standard InChI is InChI=1S/C23H33N3O3S/c1-23(2,3)17-6-7-18-16(12-17)13-19(30-18)21(28)25-24-20(27)14-8-10-26(11-9-14)22(29)15-4-5-15/h13-15,17H,4-12H2,1-3H3,(H,24,27)(H,25,28). The Morgan fingerprint density at radius 3 is 2.33 bits per heavy atom. The number of likely N-dealkylation sites (tertiary alicyclic amines) is 1. The lowest BCUT2D eigenvalue weighted by Gasteiger charge is -2.33. The maximum Gasteiger partial charge on any atom is 0.279 e. The summed E-state index contributed by atoms with van der Waals surface area (Å²) >= 11 is 1.55. The third-order valence-corrected chi connectivity index (χ3v) is 8.17. The number of carbonyl (C=O) groups excluding carboxylic acids is 3. The van der Waals surface area contributed by atoms with Crippen LogP contribution >= 0.6 is 11.3 Å². The first kappa shape index (κ1) is 21.3. The summed E-state index contributed by atoms with van der Waals surface area (Å²) in [5.74, 6) is 0.556. The van der Waals surface area contributed by atoms with Gasteiger partial charge in [0, 0.05) is 29.8 Å². The van der Waals surface area contributed by atoms with E-state index in [1.54, 1.807) is 11.3 Å². The van der Waals surface area contributed by atoms with Crippen LogP contribution in [0.2, 0.25) is 0 Å². The first-order valence-corrected chi connectivity index (χ1v) is 12.0. The first-order chi connectivity index (χ1) is 14.2. The van der Waals surface area contributed by atoms with Crippen molar-refractivity contribution in [3.05, 3.63) is 21.4 Å². The van der Waals surface area contributed by atoms with Crippen molar-refractivity contribution in [3.8, 4) is 0 Å². The molecule has 3 aliphatic rings. The zero-order valence-electron chi connectivity index (χ0n) is 18.3. The van der Waals surface area contributed by atoms with Gasteiger partial charge in [0.15, 0.2) is 0 Å². The minimum Gasteiger partial charge on any atom is -0.342 e. The molecule has 1 aliphatic heterocycles. The van der Waals surface area contributed by atoms with Crippen LogP contribution in [0.15, 0.2) is 6.07 Å². The number of piperidine rings is 1. The molecule has 3 amide bonds. The van der Waals surface area contributed by atoms with Gasteiger partial charge in [-0.1, -0.05) is 20.8 Å². The van der Waals surface area contributed by atoms with Gasteiger partial charge in [-0.2, -0.15) is 0 Å². The number of thiophene rings is 1. The Morgan fingerprint density at radius 1 is 1.00 bits per heavy atom. The van der Waals surface area contributed by atoms with Crippen LogP contribution in [0.25, 0.3) is 0 Å². The van der Waals surface area contributed by atoms with Crippen LogP contribution in [-0.2, 0) is 22.4 Å². The Bertz CT molecular complexity index is 829. The summed E-state index contributed by atoms with van der Waals surface area (Å²) < 4.78 is 0. The lowest BCUT2D eigenvalue weighted by molar-refractivity contribution is -0.136. The summed E-state index contributed by atoms with van der Waals surface area (Å²) in [6.07, 6.45) is 6.54. The molecule has 2 heterocycles. The van der Waals surface area contributed by atoms with Crippen LogP contribution in [0.4, 0.5) is 0 Å². The second-order valence-corrected chi connectivity index (χ2v) is 11.3. The lowest BCUT2D eigenvalue weighted by atomic mass is 9.72. The van der Waals surface area contributed by atoms with E-state index in [1.165, 1.54) is 10.4 Å². The van der Waals surface area contributed by atoms with E-state index in [2.05, 4.69) is 31.6 Å². The Hall–Kier alpha value is -1.89. The summed E-state index contributed by atoms with van der Waals surface area (Å²) in [4.78, 5) is 41.1. The lowest BCUT2D eigenvalue weighted by Crippen LogP contribution is -2.48. The molecule has 2 aliphatic carbocycles. The van der Waals surface area contributed by atoms with Crippen LogP contribution in [0, 0.1) is 23.2 Å². The highest BCUT2D eigenvalue weighted by Gasteiger charge is 2.36. The van der Waals surface area contributed by atoms with Crippen LogP contribution < -0.4 is 10.9 Å². The average molecular weight is 432 g/mol. The first-order valence-electron chi connectivity index (χ1n) is 11.2. The molecule has 4 rings (SSSR count). The molecule has 7 heteroatoms. The van der Waals surface area contributed by atoms with E-state index in [0.717, 1.165) is 32.1 Å².